The van der Waals surface area contributed by atoms with Crippen LogP contribution in [0.4, 0.5) is 0 Å². The lowest BCUT2D eigenvalue weighted by Gasteiger charge is -2.14. The van der Waals surface area contributed by atoms with Gasteiger partial charge >= 0.3 is 0 Å². The van der Waals surface area contributed by atoms with Crippen LogP contribution in [-0.4, -0.2) is 33.0 Å². The number of carbonyl (C=O) groups excluding carboxylic acids is 1. The molecule has 0 bridgehead atoms. The van der Waals surface area contributed by atoms with Gasteiger partial charge in [-0.2, -0.15) is 5.26 Å². The minimum atomic E-state index is -0.321. The summed E-state index contributed by atoms with van der Waals surface area (Å²) in [5, 5.41) is 10.7. The van der Waals surface area contributed by atoms with Crippen molar-refractivity contribution in [1.82, 2.24) is 14.0 Å². The molecule has 0 radical (unpaired) electrons. The number of amides is 1. The Bertz CT molecular complexity index is 1700. The second-order valence-corrected chi connectivity index (χ2v) is 10.5. The maximum Gasteiger partial charge on any atom is 0.273 e. The van der Waals surface area contributed by atoms with E-state index < -0.39 is 0 Å². The number of thiazole rings is 1. The number of likely N-dealkylation sites (tertiary alicyclic amines) is 1. The first-order valence-electron chi connectivity index (χ1n) is 12.1. The highest BCUT2D eigenvalue weighted by atomic mass is 35.5. The first-order chi connectivity index (χ1) is 17.9. The lowest BCUT2D eigenvalue weighted by Crippen LogP contribution is -2.35. The average Bonchev–Trinajstić information content (AvgIpc) is 3.61. The topological polar surface area (TPSA) is 71.0 Å². The fourth-order valence-corrected chi connectivity index (χ4v) is 6.00. The van der Waals surface area contributed by atoms with Crippen molar-refractivity contribution >= 4 is 40.5 Å². The van der Waals surface area contributed by atoms with Crippen molar-refractivity contribution in [3.05, 3.63) is 102 Å². The zero-order chi connectivity index (χ0) is 26.1. The quantitative estimate of drug-likeness (QED) is 0.400. The standard InChI is InChI=1S/C29H25ClN4O2S/c1-19-16-21(20(2)33(19)24-12-10-22(30)11-13-24)17-26-28(36)34(23-8-4-3-5-9-23)29(37-26)25(18-31)27(35)32-14-6-7-15-32/h3-5,8-13,16-17H,6-7,14-15H2,1-2H3/b26-17-,29-25+. The van der Waals surface area contributed by atoms with E-state index in [0.29, 0.717) is 33.0 Å². The van der Waals surface area contributed by atoms with Gasteiger partial charge in [0, 0.05) is 35.2 Å². The van der Waals surface area contributed by atoms with Gasteiger partial charge in [0.15, 0.2) is 5.57 Å². The molecule has 1 saturated heterocycles. The summed E-state index contributed by atoms with van der Waals surface area (Å²) in [5.74, 6) is -0.321. The molecule has 8 heteroatoms. The molecule has 1 aliphatic heterocycles. The maximum atomic E-state index is 13.7. The first-order valence-corrected chi connectivity index (χ1v) is 13.3. The summed E-state index contributed by atoms with van der Waals surface area (Å²) in [6.45, 7) is 5.26. The number of aromatic nitrogens is 2. The van der Waals surface area contributed by atoms with Gasteiger partial charge in [0.25, 0.3) is 11.5 Å². The van der Waals surface area contributed by atoms with Crippen LogP contribution in [0, 0.1) is 25.2 Å². The smallest absolute Gasteiger partial charge is 0.273 e. The van der Waals surface area contributed by atoms with Crippen LogP contribution in [0.2, 0.25) is 5.02 Å². The Morgan fingerprint density at radius 2 is 1.65 bits per heavy atom. The minimum absolute atomic E-state index is 0.000796. The van der Waals surface area contributed by atoms with Crippen LogP contribution >= 0.6 is 22.9 Å². The zero-order valence-corrected chi connectivity index (χ0v) is 22.1. The zero-order valence-electron chi connectivity index (χ0n) is 20.6. The molecule has 1 amide bonds. The highest BCUT2D eigenvalue weighted by Crippen LogP contribution is 2.22. The predicted octanol–water partition coefficient (Wildman–Crippen LogP) is 4.09. The van der Waals surface area contributed by atoms with E-state index in [1.54, 1.807) is 4.90 Å². The lowest BCUT2D eigenvalue weighted by atomic mass is 10.2. The molecule has 1 aliphatic rings. The van der Waals surface area contributed by atoms with Crippen molar-refractivity contribution in [3.8, 4) is 17.4 Å². The van der Waals surface area contributed by atoms with Gasteiger partial charge in [-0.25, -0.2) is 0 Å². The Morgan fingerprint density at radius 1 is 1.00 bits per heavy atom. The predicted molar refractivity (Wildman–Crippen MR) is 148 cm³/mol. The Morgan fingerprint density at radius 3 is 2.30 bits per heavy atom. The third-order valence-electron chi connectivity index (χ3n) is 6.61. The van der Waals surface area contributed by atoms with Gasteiger partial charge in [0.2, 0.25) is 0 Å². The summed E-state index contributed by atoms with van der Waals surface area (Å²) >= 11 is 7.25. The van der Waals surface area contributed by atoms with E-state index in [1.165, 1.54) is 15.9 Å². The SMILES string of the molecule is Cc1cc(/C=c2\s/c(=C(\C#N)C(=O)N3CCCC3)n(-c3ccccc3)c2=O)c(C)n1-c1ccc(Cl)cc1. The van der Waals surface area contributed by atoms with E-state index in [9.17, 15) is 14.9 Å². The monoisotopic (exact) mass is 528 g/mol. The normalized spacial score (nSPS) is 14.6. The molecule has 3 heterocycles. The molecule has 37 heavy (non-hydrogen) atoms. The number of benzene rings is 2. The minimum Gasteiger partial charge on any atom is -0.338 e. The first kappa shape index (κ1) is 24.8. The third kappa shape index (κ3) is 4.66. The highest BCUT2D eigenvalue weighted by molar-refractivity contribution is 7.07. The summed E-state index contributed by atoms with van der Waals surface area (Å²) in [6.07, 6.45) is 3.69. The van der Waals surface area contributed by atoms with E-state index in [-0.39, 0.29) is 17.0 Å². The molecule has 186 valence electrons. The molecule has 2 aromatic heterocycles. The van der Waals surface area contributed by atoms with Crippen LogP contribution in [0.3, 0.4) is 0 Å². The van der Waals surface area contributed by atoms with Gasteiger partial charge < -0.3 is 9.47 Å². The van der Waals surface area contributed by atoms with Crippen LogP contribution in [0.1, 0.15) is 29.8 Å². The maximum absolute atomic E-state index is 13.7. The third-order valence-corrected chi connectivity index (χ3v) is 7.96. The van der Waals surface area contributed by atoms with Crippen molar-refractivity contribution in [2.45, 2.75) is 26.7 Å². The molecule has 0 saturated carbocycles. The molecular formula is C29H25ClN4O2S. The van der Waals surface area contributed by atoms with Gasteiger partial charge in [0.05, 0.1) is 10.2 Å². The number of para-hydroxylation sites is 1. The molecule has 4 aromatic rings. The van der Waals surface area contributed by atoms with E-state index in [4.69, 9.17) is 11.6 Å². The number of halogens is 1. The van der Waals surface area contributed by atoms with Crippen molar-refractivity contribution in [1.29, 1.82) is 5.26 Å². The number of nitrogens with zero attached hydrogens (tertiary/aromatic N) is 4. The second kappa shape index (κ2) is 10.3. The Labute approximate surface area is 223 Å². The molecule has 2 aromatic carbocycles. The van der Waals surface area contributed by atoms with Crippen molar-refractivity contribution < 1.29 is 4.79 Å². The largest absolute Gasteiger partial charge is 0.338 e. The van der Waals surface area contributed by atoms with Gasteiger partial charge in [-0.05, 0) is 80.8 Å². The summed E-state index contributed by atoms with van der Waals surface area (Å²) in [4.78, 5) is 28.7. The number of hydrogen-bond donors (Lipinski definition) is 0. The highest BCUT2D eigenvalue weighted by Gasteiger charge is 2.24. The van der Waals surface area contributed by atoms with Crippen LogP contribution in [0.15, 0.2) is 65.5 Å². The van der Waals surface area contributed by atoms with Crippen LogP contribution < -0.4 is 14.8 Å². The van der Waals surface area contributed by atoms with E-state index >= 15 is 0 Å². The van der Waals surface area contributed by atoms with Crippen LogP contribution in [0.5, 0.6) is 0 Å². The van der Waals surface area contributed by atoms with Gasteiger partial charge in [-0.15, -0.1) is 11.3 Å². The van der Waals surface area contributed by atoms with Crippen LogP contribution in [0.25, 0.3) is 23.0 Å². The Balaban J connectivity index is 1.74. The summed E-state index contributed by atoms with van der Waals surface area (Å²) in [6, 6.07) is 20.9. The van der Waals surface area contributed by atoms with Gasteiger partial charge in [0.1, 0.15) is 10.7 Å². The second-order valence-electron chi connectivity index (χ2n) is 9.02. The van der Waals surface area contributed by atoms with Crippen LogP contribution in [-0.2, 0) is 4.79 Å². The Hall–Kier alpha value is -3.86. The molecule has 0 unspecified atom stereocenters. The number of carbonyl (C=O) groups is 1. The average molecular weight is 529 g/mol. The van der Waals surface area contributed by atoms with E-state index in [2.05, 4.69) is 10.6 Å². The lowest BCUT2D eigenvalue weighted by molar-refractivity contribution is -0.123. The fourth-order valence-electron chi connectivity index (χ4n) is 4.79. The summed E-state index contributed by atoms with van der Waals surface area (Å²) in [5.41, 5.74) is 4.21. The molecule has 0 N–H and O–H groups in total. The number of rotatable bonds is 4. The van der Waals surface area contributed by atoms with E-state index in [1.807, 2.05) is 80.6 Å². The van der Waals surface area contributed by atoms with Crippen molar-refractivity contribution in [3.63, 3.8) is 0 Å². The molecular weight excluding hydrogens is 504 g/mol. The molecule has 0 spiro atoms. The van der Waals surface area contributed by atoms with Crippen molar-refractivity contribution in [2.75, 3.05) is 13.1 Å². The number of nitriles is 1. The molecule has 1 fully saturated rings. The summed E-state index contributed by atoms with van der Waals surface area (Å²) in [7, 11) is 0. The van der Waals surface area contributed by atoms with Gasteiger partial charge in [-0.1, -0.05) is 29.8 Å². The fraction of sp³-hybridized carbons (Fsp3) is 0.207. The Kier molecular flexibility index (Phi) is 6.88. The van der Waals surface area contributed by atoms with Gasteiger partial charge in [-0.3, -0.25) is 14.2 Å². The summed E-state index contributed by atoms with van der Waals surface area (Å²) < 4.78 is 4.41. The van der Waals surface area contributed by atoms with E-state index in [0.717, 1.165) is 35.5 Å². The van der Waals surface area contributed by atoms with Crippen molar-refractivity contribution in [2.24, 2.45) is 0 Å². The molecule has 0 atom stereocenters. The number of hydrogen-bond acceptors (Lipinski definition) is 4. The molecule has 5 rings (SSSR count). The molecule has 6 nitrogen and oxygen atoms in total. The molecule has 0 aliphatic carbocycles. The number of aryl methyl sites for hydroxylation is 1.